The van der Waals surface area contributed by atoms with Crippen molar-refractivity contribution >= 4 is 86.6 Å². The van der Waals surface area contributed by atoms with Gasteiger partial charge in [0.25, 0.3) is 11.8 Å². The number of carboxylic acids is 2. The van der Waals surface area contributed by atoms with E-state index < -0.39 is 46.5 Å². The monoisotopic (exact) mass is 703 g/mol. The number of rotatable bonds is 11. The Morgan fingerprint density at radius 2 is 2.11 bits per heavy atom. The van der Waals surface area contributed by atoms with Gasteiger partial charge in [-0.3, -0.25) is 14.5 Å². The van der Waals surface area contributed by atoms with E-state index in [0.717, 1.165) is 27.8 Å². The Bertz CT molecular complexity index is 1950. The van der Waals surface area contributed by atoms with Gasteiger partial charge in [0.2, 0.25) is 17.1 Å². The molecule has 1 fully saturated rings. The lowest BCUT2D eigenvalue weighted by molar-refractivity contribution is -0.662. The number of fused-ring (bicyclic) bond motifs is 2. The molecular weight excluding hydrogens is 681 g/mol. The molecule has 2 aliphatic rings. The van der Waals surface area contributed by atoms with E-state index >= 15 is 0 Å². The predicted molar refractivity (Wildman–Crippen MR) is 166 cm³/mol. The fraction of sp³-hybridized carbons (Fsp3) is 0.280. The Hall–Kier alpha value is -4.60. The topological polar surface area (TPSA) is 231 Å². The Labute approximate surface area is 275 Å². The molecule has 2 aliphatic heterocycles. The maximum Gasteiger partial charge on any atom is 0.353 e. The number of oxime groups is 1. The van der Waals surface area contributed by atoms with E-state index in [1.165, 1.54) is 48.7 Å². The van der Waals surface area contributed by atoms with Gasteiger partial charge in [0, 0.05) is 33.6 Å². The molecule has 0 aromatic carbocycles. The van der Waals surface area contributed by atoms with Crippen LogP contribution in [0.5, 0.6) is 0 Å². The lowest BCUT2D eigenvalue weighted by atomic mass is 10.0. The number of nitrogens with one attached hydrogen (secondary N) is 1. The molecular formula is C25H23N10O7S4+. The van der Waals surface area contributed by atoms with Crippen LogP contribution in [0.1, 0.15) is 25.4 Å². The van der Waals surface area contributed by atoms with Crippen molar-refractivity contribution < 1.29 is 38.8 Å². The number of thiazole rings is 1. The van der Waals surface area contributed by atoms with Crippen molar-refractivity contribution in [1.29, 1.82) is 0 Å². The zero-order chi connectivity index (χ0) is 32.7. The zero-order valence-corrected chi connectivity index (χ0v) is 27.0. The molecule has 0 spiro atoms. The van der Waals surface area contributed by atoms with E-state index in [2.05, 4.69) is 29.9 Å². The fourth-order valence-corrected chi connectivity index (χ4v) is 8.25. The quantitative estimate of drug-likeness (QED) is 0.0727. The first-order valence-electron chi connectivity index (χ1n) is 13.2. The number of hydrogen-bond donors (Lipinski definition) is 4. The Morgan fingerprint density at radius 3 is 2.83 bits per heavy atom. The summed E-state index contributed by atoms with van der Waals surface area (Å²) in [5.41, 5.74) is 4.83. The SMILES string of the molecule is CC(C)(O/N=C(\C(=O)N[C@@H]1C(=O)N2C(C(=O)O)=C(Sc3nc(C[n+]4ccn5ncccc54)cs3)CS[C@H]12)c1nsc(N)n1)C(=O)O. The third-order valence-corrected chi connectivity index (χ3v) is 10.8. The predicted octanol–water partition coefficient (Wildman–Crippen LogP) is 0.633. The minimum atomic E-state index is -1.80. The Balaban J connectivity index is 1.17. The van der Waals surface area contributed by atoms with Crippen LogP contribution in [0.2, 0.25) is 0 Å². The summed E-state index contributed by atoms with van der Waals surface area (Å²) in [6.45, 7) is 2.94. The van der Waals surface area contributed by atoms with Crippen LogP contribution in [-0.2, 0) is 30.6 Å². The van der Waals surface area contributed by atoms with E-state index in [4.69, 9.17) is 10.6 Å². The number of amides is 2. The van der Waals surface area contributed by atoms with Gasteiger partial charge < -0.3 is 26.1 Å². The van der Waals surface area contributed by atoms with Crippen molar-refractivity contribution in [2.75, 3.05) is 11.5 Å². The molecule has 0 saturated carbocycles. The number of aromatic nitrogens is 6. The summed E-state index contributed by atoms with van der Waals surface area (Å²) in [5, 5.41) is 31.1. The highest BCUT2D eigenvalue weighted by molar-refractivity contribution is 8.07. The van der Waals surface area contributed by atoms with Crippen LogP contribution in [0.3, 0.4) is 0 Å². The number of nitrogens with zero attached hydrogens (tertiary/aromatic N) is 8. The van der Waals surface area contributed by atoms with Crippen LogP contribution in [-0.4, -0.2) is 91.3 Å². The number of thioether (sulfide) groups is 2. The molecule has 6 heterocycles. The highest BCUT2D eigenvalue weighted by Crippen LogP contribution is 2.45. The normalized spacial score (nSPS) is 18.3. The minimum absolute atomic E-state index is 0.0184. The highest BCUT2D eigenvalue weighted by atomic mass is 32.2. The van der Waals surface area contributed by atoms with Gasteiger partial charge in [0.15, 0.2) is 15.7 Å². The van der Waals surface area contributed by atoms with Crippen LogP contribution in [0.25, 0.3) is 5.65 Å². The van der Waals surface area contributed by atoms with Gasteiger partial charge >= 0.3 is 17.6 Å². The summed E-state index contributed by atoms with van der Waals surface area (Å²) in [6, 6.07) is 2.66. The van der Waals surface area contributed by atoms with Gasteiger partial charge in [-0.1, -0.05) is 22.0 Å². The molecule has 0 aliphatic carbocycles. The minimum Gasteiger partial charge on any atom is -0.478 e. The number of carboxylic acid groups (broad SMARTS) is 2. The second kappa shape index (κ2) is 12.3. The van der Waals surface area contributed by atoms with Crippen LogP contribution in [0.15, 0.2) is 56.2 Å². The van der Waals surface area contributed by atoms with Crippen molar-refractivity contribution in [3.8, 4) is 0 Å². The second-order valence-corrected chi connectivity index (χ2v) is 14.3. The average Bonchev–Trinajstić information content (AvgIpc) is 3.76. The first-order chi connectivity index (χ1) is 21.9. The first-order valence-corrected chi connectivity index (χ1v) is 16.7. The van der Waals surface area contributed by atoms with E-state index in [1.807, 2.05) is 34.5 Å². The fourth-order valence-electron chi connectivity index (χ4n) is 4.35. The molecule has 0 radical (unpaired) electrons. The third kappa shape index (κ3) is 6.00. The molecule has 4 aromatic heterocycles. The van der Waals surface area contributed by atoms with Crippen LogP contribution in [0, 0.1) is 0 Å². The number of nitrogen functional groups attached to an aromatic ring is 1. The molecule has 238 valence electrons. The summed E-state index contributed by atoms with van der Waals surface area (Å²) in [6.07, 6.45) is 5.42. The molecule has 6 rings (SSSR count). The van der Waals surface area contributed by atoms with Crippen LogP contribution < -0.4 is 15.6 Å². The summed E-state index contributed by atoms with van der Waals surface area (Å²) in [4.78, 5) is 65.6. The van der Waals surface area contributed by atoms with E-state index in [9.17, 15) is 29.4 Å². The van der Waals surface area contributed by atoms with Crippen LogP contribution >= 0.6 is 46.4 Å². The van der Waals surface area contributed by atoms with Gasteiger partial charge in [-0.2, -0.15) is 9.36 Å². The highest BCUT2D eigenvalue weighted by Gasteiger charge is 2.55. The molecule has 21 heteroatoms. The lowest BCUT2D eigenvalue weighted by Crippen LogP contribution is -2.71. The van der Waals surface area contributed by atoms with Crippen molar-refractivity contribution in [1.82, 2.24) is 34.2 Å². The number of carbonyl (C=O) groups excluding carboxylic acids is 2. The van der Waals surface area contributed by atoms with Gasteiger partial charge in [0.1, 0.15) is 29.9 Å². The zero-order valence-electron chi connectivity index (χ0n) is 23.8. The number of β-lactam (4-membered cyclic amide) rings is 1. The lowest BCUT2D eigenvalue weighted by Gasteiger charge is -2.49. The number of anilines is 1. The molecule has 17 nitrogen and oxygen atoms in total. The first kappa shape index (κ1) is 31.4. The molecule has 5 N–H and O–H groups in total. The van der Waals surface area contributed by atoms with Crippen molar-refractivity contribution in [3.63, 3.8) is 0 Å². The summed E-state index contributed by atoms with van der Waals surface area (Å²) in [5.74, 6) is -4.20. The molecule has 46 heavy (non-hydrogen) atoms. The number of imidazole rings is 1. The van der Waals surface area contributed by atoms with E-state index in [-0.39, 0.29) is 22.4 Å². The van der Waals surface area contributed by atoms with Crippen molar-refractivity contribution in [2.45, 2.75) is 41.7 Å². The summed E-state index contributed by atoms with van der Waals surface area (Å²) in [7, 11) is 0. The molecule has 0 unspecified atom stereocenters. The third-order valence-electron chi connectivity index (χ3n) is 6.68. The van der Waals surface area contributed by atoms with Crippen molar-refractivity contribution in [2.24, 2.45) is 5.16 Å². The van der Waals surface area contributed by atoms with Gasteiger partial charge in [-0.15, -0.1) is 27.6 Å². The van der Waals surface area contributed by atoms with Gasteiger partial charge in [0.05, 0.1) is 11.9 Å². The molecule has 4 aromatic rings. The van der Waals surface area contributed by atoms with Gasteiger partial charge in [-0.05, 0) is 19.9 Å². The van der Waals surface area contributed by atoms with Crippen molar-refractivity contribution in [3.05, 3.63) is 58.2 Å². The van der Waals surface area contributed by atoms with E-state index in [1.54, 1.807) is 10.7 Å². The Kier molecular flexibility index (Phi) is 8.39. The largest absolute Gasteiger partial charge is 0.478 e. The number of hydrogen-bond acceptors (Lipinski definition) is 15. The summed E-state index contributed by atoms with van der Waals surface area (Å²) >= 11 is 4.59. The van der Waals surface area contributed by atoms with Gasteiger partial charge in [-0.25, -0.2) is 19.1 Å². The maximum absolute atomic E-state index is 13.3. The van der Waals surface area contributed by atoms with Crippen LogP contribution in [0.4, 0.5) is 5.13 Å². The molecule has 0 bridgehead atoms. The van der Waals surface area contributed by atoms with E-state index in [0.29, 0.717) is 15.8 Å². The number of aliphatic carboxylic acids is 2. The summed E-state index contributed by atoms with van der Waals surface area (Å²) < 4.78 is 8.29. The molecule has 1 saturated heterocycles. The standard InChI is InChI=1S/C25H22N10O7S4/c1-25(2,22(40)41)42-31-14(17-30-23(26)46-32-17)18(36)29-15-19(37)35-16(21(38)39)12(10-43-20(15)35)45-24-28-11(9-44-24)8-33-6-7-34-13(33)4-3-5-27-34/h3-7,9,15,20H,8,10H2,1-2H3,(H4-,26,29,30,32,36,38,39,40,41)/p+1/b31-14-/t15-,20-/m1/s1. The number of nitrogens with two attached hydrogens (primary N) is 1. The molecule has 2 atom stereocenters. The second-order valence-electron chi connectivity index (χ2n) is 10.2. The maximum atomic E-state index is 13.3. The smallest absolute Gasteiger partial charge is 0.353 e. The molecule has 2 amide bonds. The average molecular weight is 704 g/mol. The Morgan fingerprint density at radius 1 is 1.30 bits per heavy atom. The number of carbonyl (C=O) groups is 4.